The van der Waals surface area contributed by atoms with Crippen LogP contribution in [-0.2, 0) is 0 Å². The Labute approximate surface area is 167 Å². The predicted octanol–water partition coefficient (Wildman–Crippen LogP) is 7.64. The summed E-state index contributed by atoms with van der Waals surface area (Å²) in [4.78, 5) is 2.27. The molecule has 0 unspecified atom stereocenters. The van der Waals surface area contributed by atoms with Crippen LogP contribution in [0.5, 0.6) is 0 Å². The molecule has 0 N–H and O–H groups in total. The fourth-order valence-electron chi connectivity index (χ4n) is 3.21. The van der Waals surface area contributed by atoms with Gasteiger partial charge in [-0.1, -0.05) is 90.5 Å². The normalized spacial score (nSPS) is 10.9. The second-order valence-corrected chi connectivity index (χ2v) is 6.84. The van der Waals surface area contributed by atoms with Crippen molar-refractivity contribution in [3.8, 4) is 0 Å². The molecule has 0 heterocycles. The highest BCUT2D eigenvalue weighted by atomic mass is 15.1. The second kappa shape index (κ2) is 8.41. The van der Waals surface area contributed by atoms with Crippen molar-refractivity contribution in [3.63, 3.8) is 0 Å². The molecule has 4 aromatic carbocycles. The topological polar surface area (TPSA) is 3.24 Å². The van der Waals surface area contributed by atoms with Crippen molar-refractivity contribution in [2.75, 3.05) is 4.90 Å². The number of nitrogens with zero attached hydrogens (tertiary/aromatic N) is 1. The third-order valence-electron chi connectivity index (χ3n) is 4.73. The first kappa shape index (κ1) is 17.8. The molecule has 0 radical (unpaired) electrons. The molecule has 0 saturated heterocycles. The van der Waals surface area contributed by atoms with Crippen LogP contribution >= 0.6 is 0 Å². The first-order chi connectivity index (χ1) is 13.8. The van der Waals surface area contributed by atoms with E-state index in [2.05, 4.69) is 121 Å². The fraction of sp³-hybridized carbons (Fsp3) is 0.0370. The molecule has 0 aliphatic carbocycles. The molecule has 0 aliphatic rings. The number of para-hydroxylation sites is 2. The van der Waals surface area contributed by atoms with E-state index < -0.39 is 0 Å². The van der Waals surface area contributed by atoms with Crippen LogP contribution in [0.4, 0.5) is 17.1 Å². The SMILES string of the molecule is Cc1ccc(/C=C/c2ccc(N(c3ccccc3)c3ccccc3)cc2)cc1. The monoisotopic (exact) mass is 361 g/mol. The predicted molar refractivity (Wildman–Crippen MR) is 121 cm³/mol. The van der Waals surface area contributed by atoms with Gasteiger partial charge >= 0.3 is 0 Å². The summed E-state index contributed by atoms with van der Waals surface area (Å²) in [6.45, 7) is 2.11. The summed E-state index contributed by atoms with van der Waals surface area (Å²) < 4.78 is 0. The molecule has 136 valence electrons. The molecule has 0 aliphatic heterocycles. The molecule has 0 fully saturated rings. The Bertz CT molecular complexity index is 991. The molecule has 0 amide bonds. The van der Waals surface area contributed by atoms with Crippen LogP contribution in [0.2, 0.25) is 0 Å². The third-order valence-corrected chi connectivity index (χ3v) is 4.73. The Kier molecular flexibility index (Phi) is 5.35. The third kappa shape index (κ3) is 4.21. The maximum Gasteiger partial charge on any atom is 0.0462 e. The van der Waals surface area contributed by atoms with Gasteiger partial charge in [0, 0.05) is 17.1 Å². The second-order valence-electron chi connectivity index (χ2n) is 6.84. The van der Waals surface area contributed by atoms with E-state index >= 15 is 0 Å². The molecule has 0 saturated carbocycles. The van der Waals surface area contributed by atoms with Gasteiger partial charge in [0.1, 0.15) is 0 Å². The molecule has 0 atom stereocenters. The number of hydrogen-bond acceptors (Lipinski definition) is 1. The molecule has 28 heavy (non-hydrogen) atoms. The summed E-state index contributed by atoms with van der Waals surface area (Å²) in [5.74, 6) is 0. The summed E-state index contributed by atoms with van der Waals surface area (Å²) in [5, 5.41) is 0. The molecular formula is C27H23N. The number of rotatable bonds is 5. The summed E-state index contributed by atoms with van der Waals surface area (Å²) >= 11 is 0. The Morgan fingerprint density at radius 3 is 1.32 bits per heavy atom. The van der Waals surface area contributed by atoms with Gasteiger partial charge in [-0.15, -0.1) is 0 Å². The van der Waals surface area contributed by atoms with E-state index in [1.807, 2.05) is 12.1 Å². The van der Waals surface area contributed by atoms with Gasteiger partial charge in [0.15, 0.2) is 0 Å². The zero-order valence-electron chi connectivity index (χ0n) is 16.0. The van der Waals surface area contributed by atoms with Crippen LogP contribution in [0, 0.1) is 6.92 Å². The lowest BCUT2D eigenvalue weighted by Gasteiger charge is -2.25. The zero-order valence-corrected chi connectivity index (χ0v) is 16.0. The lowest BCUT2D eigenvalue weighted by molar-refractivity contribution is 1.28. The first-order valence-electron chi connectivity index (χ1n) is 9.55. The van der Waals surface area contributed by atoms with Gasteiger partial charge in [-0.3, -0.25) is 0 Å². The van der Waals surface area contributed by atoms with Crippen molar-refractivity contribution in [3.05, 3.63) is 126 Å². The average Bonchev–Trinajstić information content (AvgIpc) is 2.76. The minimum atomic E-state index is 1.14. The average molecular weight is 361 g/mol. The van der Waals surface area contributed by atoms with Gasteiger partial charge < -0.3 is 4.90 Å². The van der Waals surface area contributed by atoms with Crippen LogP contribution in [0.1, 0.15) is 16.7 Å². The molecule has 1 heteroatoms. The molecule has 0 aromatic heterocycles. The zero-order chi connectivity index (χ0) is 19.2. The quantitative estimate of drug-likeness (QED) is 0.330. The molecular weight excluding hydrogens is 338 g/mol. The van der Waals surface area contributed by atoms with E-state index in [0.29, 0.717) is 0 Å². The summed E-state index contributed by atoms with van der Waals surface area (Å²) in [7, 11) is 0. The van der Waals surface area contributed by atoms with Gasteiger partial charge in [-0.05, 0) is 54.4 Å². The Hall–Kier alpha value is -3.58. The van der Waals surface area contributed by atoms with Crippen LogP contribution in [0.15, 0.2) is 109 Å². The van der Waals surface area contributed by atoms with E-state index in [-0.39, 0.29) is 0 Å². The largest absolute Gasteiger partial charge is 0.311 e. The highest BCUT2D eigenvalue weighted by Gasteiger charge is 2.11. The number of anilines is 3. The van der Waals surface area contributed by atoms with Crippen molar-refractivity contribution in [1.29, 1.82) is 0 Å². The van der Waals surface area contributed by atoms with Crippen molar-refractivity contribution in [1.82, 2.24) is 0 Å². The minimum absolute atomic E-state index is 1.14. The maximum atomic E-state index is 2.27. The Morgan fingerprint density at radius 2 is 0.857 bits per heavy atom. The van der Waals surface area contributed by atoms with Crippen molar-refractivity contribution >= 4 is 29.2 Å². The molecule has 4 rings (SSSR count). The molecule has 1 nitrogen and oxygen atoms in total. The van der Waals surface area contributed by atoms with Crippen LogP contribution in [-0.4, -0.2) is 0 Å². The van der Waals surface area contributed by atoms with Gasteiger partial charge in [-0.2, -0.15) is 0 Å². The van der Waals surface area contributed by atoms with Gasteiger partial charge in [0.2, 0.25) is 0 Å². The maximum absolute atomic E-state index is 2.27. The van der Waals surface area contributed by atoms with Crippen molar-refractivity contribution in [2.24, 2.45) is 0 Å². The molecule has 4 aromatic rings. The fourth-order valence-corrected chi connectivity index (χ4v) is 3.21. The summed E-state index contributed by atoms with van der Waals surface area (Å²) in [6.07, 6.45) is 4.31. The van der Waals surface area contributed by atoms with E-state index in [4.69, 9.17) is 0 Å². The summed E-state index contributed by atoms with van der Waals surface area (Å²) in [5.41, 5.74) is 7.12. The molecule has 0 spiro atoms. The van der Waals surface area contributed by atoms with Gasteiger partial charge in [0.25, 0.3) is 0 Å². The van der Waals surface area contributed by atoms with E-state index in [0.717, 1.165) is 17.1 Å². The van der Waals surface area contributed by atoms with Gasteiger partial charge in [0.05, 0.1) is 0 Å². The van der Waals surface area contributed by atoms with E-state index in [9.17, 15) is 0 Å². The van der Waals surface area contributed by atoms with Crippen molar-refractivity contribution in [2.45, 2.75) is 6.92 Å². The lowest BCUT2D eigenvalue weighted by Crippen LogP contribution is -2.09. The highest BCUT2D eigenvalue weighted by molar-refractivity contribution is 5.78. The van der Waals surface area contributed by atoms with Crippen LogP contribution in [0.3, 0.4) is 0 Å². The Morgan fingerprint density at radius 1 is 0.464 bits per heavy atom. The van der Waals surface area contributed by atoms with Crippen molar-refractivity contribution < 1.29 is 0 Å². The molecule has 0 bridgehead atoms. The number of benzene rings is 4. The highest BCUT2D eigenvalue weighted by Crippen LogP contribution is 2.34. The van der Waals surface area contributed by atoms with E-state index in [1.165, 1.54) is 16.7 Å². The number of aryl methyl sites for hydroxylation is 1. The van der Waals surface area contributed by atoms with Crippen LogP contribution < -0.4 is 4.90 Å². The lowest BCUT2D eigenvalue weighted by atomic mass is 10.1. The van der Waals surface area contributed by atoms with Crippen LogP contribution in [0.25, 0.3) is 12.2 Å². The minimum Gasteiger partial charge on any atom is -0.311 e. The smallest absolute Gasteiger partial charge is 0.0462 e. The standard InChI is InChI=1S/C27H23N/c1-22-12-14-23(15-13-22)16-17-24-18-20-27(21-19-24)28(25-8-4-2-5-9-25)26-10-6-3-7-11-26/h2-21H,1H3/b17-16+. The number of hydrogen-bond donors (Lipinski definition) is 0. The van der Waals surface area contributed by atoms with Gasteiger partial charge in [-0.25, -0.2) is 0 Å². The first-order valence-corrected chi connectivity index (χ1v) is 9.55. The summed E-state index contributed by atoms with van der Waals surface area (Å²) in [6, 6.07) is 38.2. The Balaban J connectivity index is 1.62. The van der Waals surface area contributed by atoms with E-state index in [1.54, 1.807) is 0 Å².